The van der Waals surface area contributed by atoms with Gasteiger partial charge in [-0.25, -0.2) is 4.79 Å². The first-order valence-electron chi connectivity index (χ1n) is 14.2. The molecule has 4 aliphatic carbocycles. The summed E-state index contributed by atoms with van der Waals surface area (Å²) < 4.78 is 6.04. The first-order chi connectivity index (χ1) is 16.8. The molecule has 1 amide bonds. The molecule has 6 rings (SSSR count). The summed E-state index contributed by atoms with van der Waals surface area (Å²) in [5.41, 5.74) is 3.62. The van der Waals surface area contributed by atoms with Crippen LogP contribution in [0.4, 0.5) is 4.79 Å². The van der Waals surface area contributed by atoms with Crippen LogP contribution < -0.4 is 0 Å². The summed E-state index contributed by atoms with van der Waals surface area (Å²) in [7, 11) is 4.21. The van der Waals surface area contributed by atoms with Crippen molar-refractivity contribution in [3.05, 3.63) is 47.5 Å². The largest absolute Gasteiger partial charge is 0.446 e. The van der Waals surface area contributed by atoms with Crippen LogP contribution >= 0.6 is 0 Å². The van der Waals surface area contributed by atoms with Crippen molar-refractivity contribution < 1.29 is 9.53 Å². The Labute approximate surface area is 212 Å². The van der Waals surface area contributed by atoms with E-state index < -0.39 is 0 Å². The zero-order valence-electron chi connectivity index (χ0n) is 22.2. The van der Waals surface area contributed by atoms with E-state index in [1.54, 1.807) is 10.5 Å². The normalized spacial score (nSPS) is 42.3. The standard InChI is InChI=1S/C31H44N2O2/c1-21-26-12-13-28-25-11-10-23-18-24(35-29(34)32(3)19-22-8-6-5-7-9-22)14-16-30(23,2)27(25)15-17-31(26,28)20-33(21)4/h5-10,21,24-28H,11-20H2,1-4H3/t21-,24-,25+,26+,27-,28-,30-,31-/m0/s1. The first-order valence-corrected chi connectivity index (χ1v) is 14.2. The Morgan fingerprint density at radius 2 is 1.86 bits per heavy atom. The van der Waals surface area contributed by atoms with Gasteiger partial charge in [0.15, 0.2) is 0 Å². The summed E-state index contributed by atoms with van der Waals surface area (Å²) in [5.74, 6) is 3.50. The molecule has 8 atom stereocenters. The van der Waals surface area contributed by atoms with Crippen LogP contribution in [0.1, 0.15) is 70.8 Å². The Hall–Kier alpha value is -1.81. The molecule has 4 fully saturated rings. The lowest BCUT2D eigenvalue weighted by atomic mass is 9.47. The van der Waals surface area contributed by atoms with E-state index in [1.165, 1.54) is 45.1 Å². The number of hydrogen-bond donors (Lipinski definition) is 0. The molecule has 1 saturated heterocycles. The summed E-state index contributed by atoms with van der Waals surface area (Å²) in [5, 5.41) is 0. The minimum absolute atomic E-state index is 0.0201. The molecular formula is C31H44N2O2. The molecule has 0 aromatic heterocycles. The molecule has 1 spiro atoms. The number of fused-ring (bicyclic) bond motifs is 4. The molecule has 0 N–H and O–H groups in total. The summed E-state index contributed by atoms with van der Waals surface area (Å²) in [4.78, 5) is 17.2. The third kappa shape index (κ3) is 3.69. The number of nitrogens with zero attached hydrogens (tertiary/aromatic N) is 2. The van der Waals surface area contributed by atoms with Crippen LogP contribution in [0, 0.1) is 34.5 Å². The third-order valence-electron chi connectivity index (χ3n) is 11.5. The van der Waals surface area contributed by atoms with Gasteiger partial charge in [-0.3, -0.25) is 0 Å². The summed E-state index contributed by atoms with van der Waals surface area (Å²) in [6.07, 6.45) is 12.5. The fourth-order valence-corrected chi connectivity index (χ4v) is 9.68. The number of rotatable bonds is 3. The molecule has 5 aliphatic rings. The molecule has 1 aromatic carbocycles. The van der Waals surface area contributed by atoms with Crippen molar-refractivity contribution in [1.82, 2.24) is 9.80 Å². The van der Waals surface area contributed by atoms with Gasteiger partial charge >= 0.3 is 6.09 Å². The van der Waals surface area contributed by atoms with Crippen molar-refractivity contribution in [2.75, 3.05) is 20.6 Å². The number of allylic oxidation sites excluding steroid dienone is 1. The van der Waals surface area contributed by atoms with Gasteiger partial charge in [0.05, 0.1) is 0 Å². The van der Waals surface area contributed by atoms with Crippen LogP contribution in [0.2, 0.25) is 0 Å². The SMILES string of the molecule is C[C@H]1[C@H]2CC[C@H]3[C@@H]4CC=C5C[C@@H](OC(=O)N(C)Cc6ccccc6)CC[C@]5(C)[C@H]4CC[C@]23CN1C. The fraction of sp³-hybridized carbons (Fsp3) is 0.710. The molecule has 4 nitrogen and oxygen atoms in total. The molecule has 0 radical (unpaired) electrons. The van der Waals surface area contributed by atoms with Crippen molar-refractivity contribution in [1.29, 1.82) is 0 Å². The van der Waals surface area contributed by atoms with Gasteiger partial charge in [-0.15, -0.1) is 0 Å². The molecule has 190 valence electrons. The predicted molar refractivity (Wildman–Crippen MR) is 140 cm³/mol. The first kappa shape index (κ1) is 23.6. The number of amides is 1. The molecule has 1 heterocycles. The van der Waals surface area contributed by atoms with Gasteiger partial charge in [0.2, 0.25) is 0 Å². The van der Waals surface area contributed by atoms with Gasteiger partial charge in [-0.05, 0) is 99.0 Å². The number of carbonyl (C=O) groups excluding carboxylic acids is 1. The fourth-order valence-electron chi connectivity index (χ4n) is 9.68. The van der Waals surface area contributed by atoms with Crippen LogP contribution in [-0.2, 0) is 11.3 Å². The molecular weight excluding hydrogens is 432 g/mol. The van der Waals surface area contributed by atoms with Crippen molar-refractivity contribution in [2.45, 2.75) is 83.9 Å². The van der Waals surface area contributed by atoms with Gasteiger partial charge in [0.25, 0.3) is 0 Å². The molecule has 0 bridgehead atoms. The van der Waals surface area contributed by atoms with E-state index in [0.29, 0.717) is 17.4 Å². The Balaban J connectivity index is 1.13. The lowest BCUT2D eigenvalue weighted by Crippen LogP contribution is -2.52. The van der Waals surface area contributed by atoms with Crippen LogP contribution in [0.25, 0.3) is 0 Å². The van der Waals surface area contributed by atoms with Crippen LogP contribution in [-0.4, -0.2) is 48.7 Å². The lowest BCUT2D eigenvalue weighted by molar-refractivity contribution is -0.0502. The average Bonchev–Trinajstić information content (AvgIpc) is 3.33. The summed E-state index contributed by atoms with van der Waals surface area (Å²) >= 11 is 0. The monoisotopic (exact) mass is 476 g/mol. The molecule has 0 unspecified atom stereocenters. The lowest BCUT2D eigenvalue weighted by Gasteiger charge is -2.58. The third-order valence-corrected chi connectivity index (χ3v) is 11.5. The highest BCUT2D eigenvalue weighted by molar-refractivity contribution is 5.67. The van der Waals surface area contributed by atoms with Crippen molar-refractivity contribution in [2.24, 2.45) is 34.5 Å². The quantitative estimate of drug-likeness (QED) is 0.466. The second-order valence-electron chi connectivity index (χ2n) is 13.0. The molecule has 3 saturated carbocycles. The maximum Gasteiger partial charge on any atom is 0.410 e. The highest BCUT2D eigenvalue weighted by Crippen LogP contribution is 2.68. The van der Waals surface area contributed by atoms with Gasteiger partial charge in [0.1, 0.15) is 6.10 Å². The number of carbonyl (C=O) groups is 1. The Morgan fingerprint density at radius 1 is 1.09 bits per heavy atom. The number of likely N-dealkylation sites (tertiary alicyclic amines) is 1. The van der Waals surface area contributed by atoms with Gasteiger partial charge in [0, 0.05) is 32.6 Å². The maximum absolute atomic E-state index is 12.8. The zero-order valence-corrected chi connectivity index (χ0v) is 22.2. The Kier molecular flexibility index (Phi) is 5.82. The number of ether oxygens (including phenoxy) is 1. The van der Waals surface area contributed by atoms with E-state index in [1.807, 2.05) is 25.2 Å². The Morgan fingerprint density at radius 3 is 2.66 bits per heavy atom. The van der Waals surface area contributed by atoms with Crippen molar-refractivity contribution >= 4 is 6.09 Å². The second kappa shape index (κ2) is 8.64. The van der Waals surface area contributed by atoms with Crippen LogP contribution in [0.15, 0.2) is 42.0 Å². The second-order valence-corrected chi connectivity index (χ2v) is 13.0. The van der Waals surface area contributed by atoms with Crippen LogP contribution in [0.5, 0.6) is 0 Å². The van der Waals surface area contributed by atoms with E-state index in [-0.39, 0.29) is 12.2 Å². The minimum atomic E-state index is -0.187. The highest BCUT2D eigenvalue weighted by atomic mass is 16.6. The van der Waals surface area contributed by atoms with E-state index in [2.05, 4.69) is 44.0 Å². The van der Waals surface area contributed by atoms with Crippen molar-refractivity contribution in [3.8, 4) is 0 Å². The maximum atomic E-state index is 12.8. The Bertz CT molecular complexity index is 991. The predicted octanol–water partition coefficient (Wildman–Crippen LogP) is 6.52. The molecule has 1 aromatic rings. The molecule has 35 heavy (non-hydrogen) atoms. The summed E-state index contributed by atoms with van der Waals surface area (Å²) in [6, 6.07) is 10.9. The van der Waals surface area contributed by atoms with Gasteiger partial charge in [-0.1, -0.05) is 48.9 Å². The van der Waals surface area contributed by atoms with E-state index >= 15 is 0 Å². The topological polar surface area (TPSA) is 32.8 Å². The number of hydrogen-bond acceptors (Lipinski definition) is 3. The zero-order chi connectivity index (χ0) is 24.4. The summed E-state index contributed by atoms with van der Waals surface area (Å²) in [6.45, 7) is 6.96. The van der Waals surface area contributed by atoms with E-state index in [9.17, 15) is 4.79 Å². The highest BCUT2D eigenvalue weighted by Gasteiger charge is 2.64. The smallest absolute Gasteiger partial charge is 0.410 e. The average molecular weight is 477 g/mol. The van der Waals surface area contributed by atoms with Crippen LogP contribution in [0.3, 0.4) is 0 Å². The van der Waals surface area contributed by atoms with Crippen molar-refractivity contribution in [3.63, 3.8) is 0 Å². The number of benzene rings is 1. The molecule has 4 heteroatoms. The van der Waals surface area contributed by atoms with Gasteiger partial charge in [-0.2, -0.15) is 0 Å². The molecule has 1 aliphatic heterocycles. The minimum Gasteiger partial charge on any atom is -0.446 e. The van der Waals surface area contributed by atoms with E-state index in [4.69, 9.17) is 4.74 Å². The van der Waals surface area contributed by atoms with Gasteiger partial charge < -0.3 is 14.5 Å². The van der Waals surface area contributed by atoms with E-state index in [0.717, 1.165) is 48.1 Å².